The number of nitrogens with zero attached hydrogens (tertiary/aromatic N) is 2. The number of hydrogen-bond donors (Lipinski definition) is 1. The number of pyridine rings is 1. The fourth-order valence-electron chi connectivity index (χ4n) is 3.43. The molecule has 3 heterocycles. The van der Waals surface area contributed by atoms with Gasteiger partial charge in [-0.2, -0.15) is 4.31 Å². The summed E-state index contributed by atoms with van der Waals surface area (Å²) >= 11 is 0. The normalized spacial score (nSPS) is 26.3. The zero-order valence-corrected chi connectivity index (χ0v) is 12.4. The molecule has 0 aliphatic carbocycles. The third-order valence-corrected chi connectivity index (χ3v) is 6.43. The molecule has 2 aliphatic rings. The van der Waals surface area contributed by atoms with Crippen LogP contribution in [-0.2, 0) is 10.0 Å². The number of sulfonamides is 1. The summed E-state index contributed by atoms with van der Waals surface area (Å²) in [6.45, 7) is 3.07. The molecule has 1 N–H and O–H groups in total. The van der Waals surface area contributed by atoms with Crippen LogP contribution in [0.4, 0.5) is 0 Å². The van der Waals surface area contributed by atoms with Crippen molar-refractivity contribution >= 4 is 20.9 Å². The van der Waals surface area contributed by atoms with Gasteiger partial charge in [-0.1, -0.05) is 18.2 Å². The molecule has 0 bridgehead atoms. The maximum atomic E-state index is 12.9. The van der Waals surface area contributed by atoms with Gasteiger partial charge in [-0.3, -0.25) is 4.98 Å². The van der Waals surface area contributed by atoms with Gasteiger partial charge in [-0.25, -0.2) is 8.42 Å². The molecular formula is C15H17N3O2S. The lowest BCUT2D eigenvalue weighted by atomic mass is 10.0. The lowest BCUT2D eigenvalue weighted by Gasteiger charge is -2.18. The molecule has 0 radical (unpaired) electrons. The van der Waals surface area contributed by atoms with Crippen LogP contribution in [0.2, 0.25) is 0 Å². The van der Waals surface area contributed by atoms with E-state index >= 15 is 0 Å². The first-order valence-electron chi connectivity index (χ1n) is 7.21. The van der Waals surface area contributed by atoms with Crippen LogP contribution in [-0.4, -0.2) is 43.9 Å². The Morgan fingerprint density at radius 2 is 1.81 bits per heavy atom. The highest BCUT2D eigenvalue weighted by molar-refractivity contribution is 7.89. The summed E-state index contributed by atoms with van der Waals surface area (Å²) in [5, 5.41) is 4.19. The van der Waals surface area contributed by atoms with Gasteiger partial charge < -0.3 is 5.32 Å². The first-order valence-corrected chi connectivity index (χ1v) is 8.65. The monoisotopic (exact) mass is 303 g/mol. The Hall–Kier alpha value is -1.50. The van der Waals surface area contributed by atoms with Crippen molar-refractivity contribution < 1.29 is 8.42 Å². The minimum absolute atomic E-state index is 0.327. The standard InChI is InChI=1S/C15H17N3O2S/c19-21(20,18-9-12-7-16-8-13(12)10-18)14-5-1-3-11-4-2-6-17-15(11)14/h1-6,12-13,16H,7-10H2/t12-,13+. The Bertz CT molecular complexity index is 773. The van der Waals surface area contributed by atoms with Crippen molar-refractivity contribution in [2.45, 2.75) is 4.90 Å². The first kappa shape index (κ1) is 13.2. The number of benzene rings is 1. The van der Waals surface area contributed by atoms with Crippen molar-refractivity contribution in [3.05, 3.63) is 36.5 Å². The van der Waals surface area contributed by atoms with E-state index in [0.717, 1.165) is 18.5 Å². The highest BCUT2D eigenvalue weighted by atomic mass is 32.2. The summed E-state index contributed by atoms with van der Waals surface area (Å²) < 4.78 is 27.5. The molecule has 2 saturated heterocycles. The minimum Gasteiger partial charge on any atom is -0.316 e. The Morgan fingerprint density at radius 1 is 1.10 bits per heavy atom. The molecule has 0 unspecified atom stereocenters. The topological polar surface area (TPSA) is 62.3 Å². The van der Waals surface area contributed by atoms with Gasteiger partial charge in [0, 0.05) is 24.7 Å². The van der Waals surface area contributed by atoms with Gasteiger partial charge in [0.2, 0.25) is 10.0 Å². The van der Waals surface area contributed by atoms with Crippen molar-refractivity contribution in [1.82, 2.24) is 14.6 Å². The minimum atomic E-state index is -3.46. The number of hydrogen-bond acceptors (Lipinski definition) is 4. The Kier molecular flexibility index (Phi) is 2.99. The summed E-state index contributed by atoms with van der Waals surface area (Å²) in [6.07, 6.45) is 1.64. The second-order valence-electron chi connectivity index (χ2n) is 5.83. The molecule has 21 heavy (non-hydrogen) atoms. The van der Waals surface area contributed by atoms with Gasteiger partial charge in [0.25, 0.3) is 0 Å². The molecule has 1 aromatic heterocycles. The Balaban J connectivity index is 1.77. The Morgan fingerprint density at radius 3 is 2.57 bits per heavy atom. The molecule has 5 nitrogen and oxygen atoms in total. The van der Waals surface area contributed by atoms with Crippen LogP contribution < -0.4 is 5.32 Å². The largest absolute Gasteiger partial charge is 0.316 e. The average Bonchev–Trinajstić information content (AvgIpc) is 3.08. The smallest absolute Gasteiger partial charge is 0.245 e. The van der Waals surface area contributed by atoms with Crippen molar-refractivity contribution in [3.63, 3.8) is 0 Å². The molecule has 0 saturated carbocycles. The third kappa shape index (κ3) is 2.06. The van der Waals surface area contributed by atoms with Crippen LogP contribution in [0, 0.1) is 11.8 Å². The van der Waals surface area contributed by atoms with Crippen molar-refractivity contribution in [2.24, 2.45) is 11.8 Å². The van der Waals surface area contributed by atoms with Gasteiger partial charge in [0.05, 0.1) is 5.52 Å². The highest BCUT2D eigenvalue weighted by Gasteiger charge is 2.41. The molecule has 2 atom stereocenters. The number of fused-ring (bicyclic) bond motifs is 2. The second-order valence-corrected chi connectivity index (χ2v) is 7.74. The molecule has 4 rings (SSSR count). The fourth-order valence-corrected chi connectivity index (χ4v) is 5.15. The molecule has 2 fully saturated rings. The molecule has 1 aromatic carbocycles. The van der Waals surface area contributed by atoms with E-state index in [1.165, 1.54) is 0 Å². The lowest BCUT2D eigenvalue weighted by molar-refractivity contribution is 0.448. The van der Waals surface area contributed by atoms with Crippen molar-refractivity contribution in [3.8, 4) is 0 Å². The number of rotatable bonds is 2. The van der Waals surface area contributed by atoms with Crippen LogP contribution >= 0.6 is 0 Å². The molecule has 6 heteroatoms. The van der Waals surface area contributed by atoms with E-state index in [2.05, 4.69) is 10.3 Å². The zero-order valence-electron chi connectivity index (χ0n) is 11.6. The maximum absolute atomic E-state index is 12.9. The number of nitrogens with one attached hydrogen (secondary N) is 1. The van der Waals surface area contributed by atoms with E-state index in [4.69, 9.17) is 0 Å². The van der Waals surface area contributed by atoms with Gasteiger partial charge in [0.15, 0.2) is 0 Å². The number of aromatic nitrogens is 1. The van der Waals surface area contributed by atoms with Gasteiger partial charge in [0.1, 0.15) is 4.90 Å². The summed E-state index contributed by atoms with van der Waals surface area (Å²) in [5.41, 5.74) is 0.565. The Labute approximate surface area is 124 Å². The van der Waals surface area contributed by atoms with Gasteiger partial charge in [-0.15, -0.1) is 0 Å². The quantitative estimate of drug-likeness (QED) is 0.901. The molecule has 110 valence electrons. The van der Waals surface area contributed by atoms with E-state index in [0.29, 0.717) is 35.3 Å². The first-order chi connectivity index (χ1) is 10.2. The summed E-state index contributed by atoms with van der Waals surface area (Å²) in [5.74, 6) is 0.894. The molecule has 2 aliphatic heterocycles. The van der Waals surface area contributed by atoms with E-state index < -0.39 is 10.0 Å². The summed E-state index contributed by atoms with van der Waals surface area (Å²) in [4.78, 5) is 4.60. The summed E-state index contributed by atoms with van der Waals surface area (Å²) in [6, 6.07) is 9.06. The van der Waals surface area contributed by atoms with E-state index in [1.54, 1.807) is 22.6 Å². The van der Waals surface area contributed by atoms with Crippen LogP contribution in [0.15, 0.2) is 41.4 Å². The predicted molar refractivity (Wildman–Crippen MR) is 80.4 cm³/mol. The van der Waals surface area contributed by atoms with Crippen LogP contribution in [0.25, 0.3) is 10.9 Å². The van der Waals surface area contributed by atoms with E-state index in [-0.39, 0.29) is 0 Å². The molecule has 0 amide bonds. The van der Waals surface area contributed by atoms with Gasteiger partial charge in [-0.05, 0) is 37.1 Å². The van der Waals surface area contributed by atoms with Gasteiger partial charge >= 0.3 is 0 Å². The van der Waals surface area contributed by atoms with Crippen LogP contribution in [0.3, 0.4) is 0 Å². The SMILES string of the molecule is O=S(=O)(c1cccc2cccnc12)N1C[C@H]2CNC[C@H]2C1. The molecule has 0 spiro atoms. The highest BCUT2D eigenvalue weighted by Crippen LogP contribution is 2.32. The van der Waals surface area contributed by atoms with E-state index in [9.17, 15) is 8.42 Å². The van der Waals surface area contributed by atoms with Crippen LogP contribution in [0.5, 0.6) is 0 Å². The predicted octanol–water partition coefficient (Wildman–Crippen LogP) is 1.07. The number of para-hydroxylation sites is 1. The maximum Gasteiger partial charge on any atom is 0.245 e. The fraction of sp³-hybridized carbons (Fsp3) is 0.400. The summed E-state index contributed by atoms with van der Waals surface area (Å²) in [7, 11) is -3.46. The third-order valence-electron chi connectivity index (χ3n) is 4.57. The second kappa shape index (κ2) is 4.76. The zero-order chi connectivity index (χ0) is 14.4. The average molecular weight is 303 g/mol. The van der Waals surface area contributed by atoms with Crippen molar-refractivity contribution in [1.29, 1.82) is 0 Å². The van der Waals surface area contributed by atoms with Crippen molar-refractivity contribution in [2.75, 3.05) is 26.2 Å². The molecule has 2 aromatic rings. The molecular weight excluding hydrogens is 286 g/mol. The lowest BCUT2D eigenvalue weighted by Crippen LogP contribution is -2.32. The van der Waals surface area contributed by atoms with Crippen LogP contribution in [0.1, 0.15) is 0 Å². The van der Waals surface area contributed by atoms with E-state index in [1.807, 2.05) is 18.2 Å².